The first kappa shape index (κ1) is 19.7. The van der Waals surface area contributed by atoms with Gasteiger partial charge in [0.25, 0.3) is 15.9 Å². The Morgan fingerprint density at radius 2 is 1.69 bits per heavy atom. The zero-order valence-electron chi connectivity index (χ0n) is 14.8. The molecule has 2 aromatic rings. The molecule has 2 aromatic carbocycles. The van der Waals surface area contributed by atoms with Gasteiger partial charge < -0.3 is 14.8 Å². The third-order valence-electron chi connectivity index (χ3n) is 3.63. The second-order valence-corrected chi connectivity index (χ2v) is 7.08. The van der Waals surface area contributed by atoms with Gasteiger partial charge in [0.2, 0.25) is 0 Å². The quantitative estimate of drug-likeness (QED) is 0.740. The van der Waals surface area contributed by atoms with Crippen LogP contribution in [0.15, 0.2) is 47.4 Å². The van der Waals surface area contributed by atoms with E-state index in [-0.39, 0.29) is 10.5 Å². The number of anilines is 1. The highest BCUT2D eigenvalue weighted by Gasteiger charge is 2.22. The van der Waals surface area contributed by atoms with Gasteiger partial charge in [-0.15, -0.1) is 0 Å². The number of nitrogens with zero attached hydrogens (tertiary/aromatic N) is 1. The van der Waals surface area contributed by atoms with E-state index in [0.717, 1.165) is 4.47 Å². The molecule has 140 valence electrons. The summed E-state index contributed by atoms with van der Waals surface area (Å²) in [4.78, 5) is 17.1. The molecule has 0 aliphatic rings. The molecule has 0 saturated heterocycles. The predicted molar refractivity (Wildman–Crippen MR) is 95.9 cm³/mol. The highest BCUT2D eigenvalue weighted by molar-refractivity contribution is 7.89. The third kappa shape index (κ3) is 4.13. The van der Waals surface area contributed by atoms with Gasteiger partial charge in [-0.25, -0.2) is 8.42 Å². The maximum Gasteiger partial charge on any atom is 0.264 e. The Morgan fingerprint density at radius 3 is 2.31 bits per heavy atom. The van der Waals surface area contributed by atoms with Crippen molar-refractivity contribution in [1.29, 1.82) is 0 Å². The van der Waals surface area contributed by atoms with Gasteiger partial charge in [-0.3, -0.25) is 9.63 Å². The van der Waals surface area contributed by atoms with E-state index >= 15 is 0 Å². The van der Waals surface area contributed by atoms with Gasteiger partial charge in [0, 0.05) is 24.4 Å². The first-order valence-corrected chi connectivity index (χ1v) is 8.94. The van der Waals surface area contributed by atoms with Crippen molar-refractivity contribution < 1.29 is 27.5 Å². The van der Waals surface area contributed by atoms with Crippen molar-refractivity contribution in [3.8, 4) is 11.5 Å². The Hall–Kier alpha value is -2.62. The molecular formula is C17H20N2O6S. The van der Waals surface area contributed by atoms with E-state index in [2.05, 4.69) is 5.32 Å². The summed E-state index contributed by atoms with van der Waals surface area (Å²) in [5.74, 6) is 0.527. The van der Waals surface area contributed by atoms with Crippen molar-refractivity contribution in [2.45, 2.75) is 4.90 Å². The normalized spacial score (nSPS) is 11.3. The van der Waals surface area contributed by atoms with Crippen LogP contribution in [0.2, 0.25) is 0 Å². The number of ether oxygens (including phenoxy) is 2. The van der Waals surface area contributed by atoms with Crippen molar-refractivity contribution >= 4 is 21.6 Å². The fourth-order valence-electron chi connectivity index (χ4n) is 2.16. The van der Waals surface area contributed by atoms with E-state index < -0.39 is 15.9 Å². The van der Waals surface area contributed by atoms with E-state index in [1.807, 2.05) is 0 Å². The smallest absolute Gasteiger partial charge is 0.264 e. The highest BCUT2D eigenvalue weighted by atomic mass is 32.2. The monoisotopic (exact) mass is 380 g/mol. The molecule has 1 N–H and O–H groups in total. The molecule has 1 amide bonds. The molecule has 0 heterocycles. The molecule has 2 rings (SSSR count). The number of carbonyl (C=O) groups excluding carboxylic acids is 1. The summed E-state index contributed by atoms with van der Waals surface area (Å²) >= 11 is 0. The van der Waals surface area contributed by atoms with Crippen LogP contribution >= 0.6 is 0 Å². The number of sulfonamides is 1. The van der Waals surface area contributed by atoms with Crippen LogP contribution in [0.25, 0.3) is 0 Å². The molecule has 0 fully saturated rings. The molecule has 8 nitrogen and oxygen atoms in total. The van der Waals surface area contributed by atoms with Crippen LogP contribution < -0.4 is 14.8 Å². The molecule has 0 atom stereocenters. The second-order valence-electron chi connectivity index (χ2n) is 5.15. The standard InChI is InChI=1S/C17H20N2O6S/c1-19(25-4)26(21,22)14-7-5-6-12(10-14)17(20)18-13-8-9-15(23-2)16(11-13)24-3/h5-11H,1-4H3,(H,18,20). The van der Waals surface area contributed by atoms with E-state index in [1.165, 1.54) is 52.6 Å². The number of rotatable bonds is 7. The largest absolute Gasteiger partial charge is 0.493 e. The Labute approximate surface area is 152 Å². The number of amides is 1. The second kappa shape index (κ2) is 8.17. The fourth-order valence-corrected chi connectivity index (χ4v) is 3.18. The average Bonchev–Trinajstić information content (AvgIpc) is 2.67. The van der Waals surface area contributed by atoms with E-state index in [1.54, 1.807) is 18.2 Å². The summed E-state index contributed by atoms with van der Waals surface area (Å²) in [6.07, 6.45) is 0. The highest BCUT2D eigenvalue weighted by Crippen LogP contribution is 2.30. The lowest BCUT2D eigenvalue weighted by Gasteiger charge is -2.15. The Kier molecular flexibility index (Phi) is 6.19. The molecule has 26 heavy (non-hydrogen) atoms. The molecule has 0 spiro atoms. The van der Waals surface area contributed by atoms with E-state index in [4.69, 9.17) is 14.3 Å². The summed E-state index contributed by atoms with van der Waals surface area (Å²) in [7, 11) is 1.67. The van der Waals surface area contributed by atoms with Crippen molar-refractivity contribution in [2.24, 2.45) is 0 Å². The molecule has 0 saturated carbocycles. The number of carbonyl (C=O) groups is 1. The lowest BCUT2D eigenvalue weighted by Crippen LogP contribution is -2.26. The molecule has 0 radical (unpaired) electrons. The molecule has 0 aliphatic heterocycles. The number of benzene rings is 2. The van der Waals surface area contributed by atoms with E-state index in [0.29, 0.717) is 17.2 Å². The van der Waals surface area contributed by atoms with Crippen LogP contribution in [0.1, 0.15) is 10.4 Å². The zero-order chi connectivity index (χ0) is 19.3. The molecule has 0 aromatic heterocycles. The number of nitrogens with one attached hydrogen (secondary N) is 1. The summed E-state index contributed by atoms with van der Waals surface area (Å²) in [6.45, 7) is 0. The van der Waals surface area contributed by atoms with Gasteiger partial charge in [-0.1, -0.05) is 10.5 Å². The number of hydroxylamine groups is 1. The maximum atomic E-state index is 12.5. The lowest BCUT2D eigenvalue weighted by atomic mass is 10.2. The third-order valence-corrected chi connectivity index (χ3v) is 5.31. The molecule has 0 unspecified atom stereocenters. The fraction of sp³-hybridized carbons (Fsp3) is 0.235. The van der Waals surface area contributed by atoms with Crippen LogP contribution in [0.3, 0.4) is 0 Å². The molecule has 0 bridgehead atoms. The SMILES string of the molecule is COc1ccc(NC(=O)c2cccc(S(=O)(=O)N(C)OC)c2)cc1OC. The van der Waals surface area contributed by atoms with Gasteiger partial charge >= 0.3 is 0 Å². The van der Waals surface area contributed by atoms with Gasteiger partial charge in [-0.05, 0) is 30.3 Å². The minimum atomic E-state index is -3.84. The van der Waals surface area contributed by atoms with E-state index in [9.17, 15) is 13.2 Å². The summed E-state index contributed by atoms with van der Waals surface area (Å²) in [5.41, 5.74) is 0.667. The summed E-state index contributed by atoms with van der Waals surface area (Å²) < 4.78 is 35.6. The predicted octanol–water partition coefficient (Wildman–Crippen LogP) is 2.14. The Morgan fingerprint density at radius 1 is 1.00 bits per heavy atom. The average molecular weight is 380 g/mol. The first-order valence-electron chi connectivity index (χ1n) is 7.50. The minimum absolute atomic E-state index is 0.0539. The van der Waals surface area contributed by atoms with Crippen molar-refractivity contribution in [1.82, 2.24) is 4.47 Å². The molecule has 9 heteroatoms. The van der Waals surface area contributed by atoms with Crippen LogP contribution in [-0.4, -0.2) is 47.2 Å². The Bertz CT molecular complexity index is 898. The van der Waals surface area contributed by atoms with Gasteiger partial charge in [0.15, 0.2) is 11.5 Å². The number of methoxy groups -OCH3 is 2. The number of hydrogen-bond acceptors (Lipinski definition) is 6. The zero-order valence-corrected chi connectivity index (χ0v) is 15.7. The lowest BCUT2D eigenvalue weighted by molar-refractivity contribution is -0.0258. The summed E-state index contributed by atoms with van der Waals surface area (Å²) in [5, 5.41) is 2.69. The van der Waals surface area contributed by atoms with Crippen LogP contribution in [0.4, 0.5) is 5.69 Å². The van der Waals surface area contributed by atoms with Gasteiger partial charge in [0.05, 0.1) is 26.2 Å². The van der Waals surface area contributed by atoms with Gasteiger partial charge in [-0.2, -0.15) is 0 Å². The van der Waals surface area contributed by atoms with Crippen LogP contribution in [0.5, 0.6) is 11.5 Å². The first-order chi connectivity index (χ1) is 12.3. The van der Waals surface area contributed by atoms with Crippen LogP contribution in [-0.2, 0) is 14.9 Å². The Balaban J connectivity index is 2.27. The van der Waals surface area contributed by atoms with Gasteiger partial charge in [0.1, 0.15) is 0 Å². The van der Waals surface area contributed by atoms with Crippen molar-refractivity contribution in [2.75, 3.05) is 33.7 Å². The van der Waals surface area contributed by atoms with Crippen molar-refractivity contribution in [3.05, 3.63) is 48.0 Å². The topological polar surface area (TPSA) is 94.2 Å². The van der Waals surface area contributed by atoms with Crippen LogP contribution in [0, 0.1) is 0 Å². The number of hydrogen-bond donors (Lipinski definition) is 1. The molecular weight excluding hydrogens is 360 g/mol. The molecule has 0 aliphatic carbocycles. The van der Waals surface area contributed by atoms with Crippen molar-refractivity contribution in [3.63, 3.8) is 0 Å². The summed E-state index contributed by atoms with van der Waals surface area (Å²) in [6, 6.07) is 10.6. The maximum absolute atomic E-state index is 12.5. The minimum Gasteiger partial charge on any atom is -0.493 e.